The molecule has 1 aliphatic heterocycles. The highest BCUT2D eigenvalue weighted by Gasteiger charge is 2.58. The maximum absolute atomic E-state index is 13.4. The molecule has 1 heterocycles. The van der Waals surface area contributed by atoms with Gasteiger partial charge >= 0.3 is 12.1 Å². The third kappa shape index (κ3) is 5.90. The Hall–Kier alpha value is -2.77. The van der Waals surface area contributed by atoms with Crippen LogP contribution < -0.4 is 10.1 Å². The van der Waals surface area contributed by atoms with Crippen molar-refractivity contribution in [2.75, 3.05) is 7.11 Å². The summed E-state index contributed by atoms with van der Waals surface area (Å²) < 4.78 is 11.1. The van der Waals surface area contributed by atoms with Gasteiger partial charge in [-0.3, -0.25) is 4.90 Å². The maximum Gasteiger partial charge on any atom is 0.411 e. The van der Waals surface area contributed by atoms with E-state index in [9.17, 15) is 14.7 Å². The summed E-state index contributed by atoms with van der Waals surface area (Å²) in [6, 6.07) is 12.9. The molecule has 7 nitrogen and oxygen atoms in total. The van der Waals surface area contributed by atoms with Crippen LogP contribution in [0, 0.1) is 11.3 Å². The number of likely N-dealkylation sites (tertiary alicyclic amines) is 1. The number of hydrogen-bond donors (Lipinski definition) is 2. The van der Waals surface area contributed by atoms with Gasteiger partial charge in [0.1, 0.15) is 11.8 Å². The molecule has 2 aromatic carbocycles. The number of carbonyl (C=O) groups is 2. The fourth-order valence-electron chi connectivity index (χ4n) is 5.06. The number of nitrogens with one attached hydrogen (secondary N) is 1. The van der Waals surface area contributed by atoms with Crippen molar-refractivity contribution < 1.29 is 24.2 Å². The van der Waals surface area contributed by atoms with E-state index in [1.807, 2.05) is 57.2 Å². The molecule has 4 unspecified atom stereocenters. The minimum Gasteiger partial charge on any atom is -0.496 e. The third-order valence-corrected chi connectivity index (χ3v) is 6.61. The number of rotatable bonds is 7. The molecule has 0 bridgehead atoms. The fraction of sp³-hybridized carbons (Fsp3) is 0.481. The highest BCUT2D eigenvalue weighted by molar-refractivity contribution is 6.30. The predicted octanol–water partition coefficient (Wildman–Crippen LogP) is 5.52. The van der Waals surface area contributed by atoms with E-state index in [0.717, 1.165) is 11.1 Å². The highest BCUT2D eigenvalue weighted by Crippen LogP contribution is 2.48. The zero-order chi connectivity index (χ0) is 25.9. The summed E-state index contributed by atoms with van der Waals surface area (Å²) in [5, 5.41) is 14.5. The van der Waals surface area contributed by atoms with E-state index in [1.54, 1.807) is 33.1 Å². The Morgan fingerprint density at radius 3 is 2.34 bits per heavy atom. The first-order chi connectivity index (χ1) is 16.5. The highest BCUT2D eigenvalue weighted by atomic mass is 35.5. The van der Waals surface area contributed by atoms with Gasteiger partial charge in [0.2, 0.25) is 0 Å². The molecular weight excluding hydrogens is 468 g/mol. The van der Waals surface area contributed by atoms with Gasteiger partial charge in [-0.2, -0.15) is 0 Å². The molecule has 3 rings (SSSR count). The lowest BCUT2D eigenvalue weighted by Crippen LogP contribution is -2.48. The largest absolute Gasteiger partial charge is 0.496 e. The number of halogens is 1. The number of benzene rings is 2. The second-order valence-electron chi connectivity index (χ2n) is 10.2. The first kappa shape index (κ1) is 26.8. The van der Waals surface area contributed by atoms with E-state index in [1.165, 1.54) is 4.90 Å². The molecule has 0 aliphatic carbocycles. The predicted molar refractivity (Wildman–Crippen MR) is 136 cm³/mol. The average molecular weight is 503 g/mol. The minimum atomic E-state index is -1.08. The van der Waals surface area contributed by atoms with Crippen LogP contribution in [-0.2, 0) is 16.1 Å². The molecule has 1 fully saturated rings. The number of ether oxygens (including phenoxy) is 2. The summed E-state index contributed by atoms with van der Waals surface area (Å²) in [6.45, 7) is 9.89. The van der Waals surface area contributed by atoms with Crippen molar-refractivity contribution in [3.8, 4) is 5.75 Å². The molecule has 0 aromatic heterocycles. The smallest absolute Gasteiger partial charge is 0.411 e. The summed E-state index contributed by atoms with van der Waals surface area (Å²) in [6.07, 6.45) is -1.02. The Labute approximate surface area is 212 Å². The van der Waals surface area contributed by atoms with Crippen molar-refractivity contribution >= 4 is 23.7 Å². The quantitative estimate of drug-likeness (QED) is 0.518. The van der Waals surface area contributed by atoms with Crippen LogP contribution in [0.15, 0.2) is 48.5 Å². The molecule has 4 atom stereocenters. The van der Waals surface area contributed by atoms with Gasteiger partial charge in [-0.25, -0.2) is 9.59 Å². The van der Waals surface area contributed by atoms with Crippen LogP contribution in [0.1, 0.15) is 51.8 Å². The van der Waals surface area contributed by atoms with Gasteiger partial charge in [-0.15, -0.1) is 0 Å². The van der Waals surface area contributed by atoms with E-state index in [2.05, 4.69) is 5.32 Å². The number of methoxy groups -OCH3 is 1. The number of carboxylic acid groups (broad SMARTS) is 1. The Morgan fingerprint density at radius 2 is 1.80 bits per heavy atom. The van der Waals surface area contributed by atoms with Crippen LogP contribution in [0.5, 0.6) is 5.75 Å². The van der Waals surface area contributed by atoms with E-state index in [4.69, 9.17) is 21.1 Å². The Balaban J connectivity index is 2.13. The standard InChI is InChI=1S/C27H35ClN2O5/c1-16(2)35-26(33)30-23(17-10-8-7-9-11-17)22(21(27(3,4)5)24(30)25(31)32)29-15-18-14-19(28)12-13-20(18)34-6/h7-14,16,21-24,29H,15H2,1-6H3,(H,31,32). The molecule has 1 saturated heterocycles. The number of aliphatic carboxylic acids is 1. The van der Waals surface area contributed by atoms with Gasteiger partial charge in [0, 0.05) is 29.1 Å². The maximum atomic E-state index is 13.4. The molecule has 35 heavy (non-hydrogen) atoms. The van der Waals surface area contributed by atoms with Crippen LogP contribution in [0.3, 0.4) is 0 Å². The van der Waals surface area contributed by atoms with E-state index < -0.39 is 35.5 Å². The van der Waals surface area contributed by atoms with Gasteiger partial charge in [-0.05, 0) is 43.0 Å². The number of nitrogens with zero attached hydrogens (tertiary/aromatic N) is 1. The normalized spacial score (nSPS) is 22.3. The summed E-state index contributed by atoms with van der Waals surface area (Å²) in [4.78, 5) is 27.5. The minimum absolute atomic E-state index is 0.379. The van der Waals surface area contributed by atoms with Crippen LogP contribution in [0.25, 0.3) is 0 Å². The van der Waals surface area contributed by atoms with E-state index in [0.29, 0.717) is 17.3 Å². The molecule has 0 spiro atoms. The number of hydrogen-bond acceptors (Lipinski definition) is 5. The summed E-state index contributed by atoms with van der Waals surface area (Å²) in [5.74, 6) is -0.805. The SMILES string of the molecule is COc1ccc(Cl)cc1CNC1C(c2ccccc2)N(C(=O)OC(C)C)C(C(=O)O)C1C(C)(C)C. The topological polar surface area (TPSA) is 88.1 Å². The molecule has 0 radical (unpaired) electrons. The van der Waals surface area contributed by atoms with E-state index >= 15 is 0 Å². The lowest BCUT2D eigenvalue weighted by Gasteiger charge is -2.35. The second kappa shape index (κ2) is 10.9. The Morgan fingerprint density at radius 1 is 1.14 bits per heavy atom. The molecule has 1 aliphatic rings. The monoisotopic (exact) mass is 502 g/mol. The Kier molecular flexibility index (Phi) is 8.34. The van der Waals surface area contributed by atoms with Crippen LogP contribution in [0.2, 0.25) is 5.02 Å². The Bertz CT molecular complexity index is 1040. The van der Waals surface area contributed by atoms with Gasteiger partial charge in [-0.1, -0.05) is 62.7 Å². The first-order valence-electron chi connectivity index (χ1n) is 11.8. The van der Waals surface area contributed by atoms with Gasteiger partial charge < -0.3 is 19.9 Å². The summed E-state index contributed by atoms with van der Waals surface area (Å²) in [7, 11) is 1.59. The van der Waals surface area contributed by atoms with Crippen molar-refractivity contribution in [3.63, 3.8) is 0 Å². The van der Waals surface area contributed by atoms with Crippen molar-refractivity contribution in [2.45, 2.75) is 65.4 Å². The average Bonchev–Trinajstić information content (AvgIpc) is 3.14. The number of amides is 1. The van der Waals surface area contributed by atoms with Crippen molar-refractivity contribution in [1.82, 2.24) is 10.2 Å². The van der Waals surface area contributed by atoms with Gasteiger partial charge in [0.25, 0.3) is 0 Å². The molecule has 2 aromatic rings. The lowest BCUT2D eigenvalue weighted by atomic mass is 9.72. The van der Waals surface area contributed by atoms with Crippen molar-refractivity contribution in [1.29, 1.82) is 0 Å². The number of carbonyl (C=O) groups excluding carboxylic acids is 1. The zero-order valence-corrected chi connectivity index (χ0v) is 21.9. The molecular formula is C27H35ClN2O5. The molecule has 8 heteroatoms. The van der Waals surface area contributed by atoms with Crippen molar-refractivity contribution in [2.24, 2.45) is 11.3 Å². The summed E-state index contributed by atoms with van der Waals surface area (Å²) >= 11 is 6.24. The lowest BCUT2D eigenvalue weighted by molar-refractivity contribution is -0.144. The summed E-state index contributed by atoms with van der Waals surface area (Å²) in [5.41, 5.74) is 1.23. The third-order valence-electron chi connectivity index (χ3n) is 6.38. The van der Waals surface area contributed by atoms with E-state index in [-0.39, 0.29) is 12.1 Å². The molecule has 190 valence electrons. The van der Waals surface area contributed by atoms with Crippen LogP contribution in [0.4, 0.5) is 4.79 Å². The molecule has 0 saturated carbocycles. The molecule has 2 N–H and O–H groups in total. The van der Waals surface area contributed by atoms with Gasteiger partial charge in [0.05, 0.1) is 19.3 Å². The zero-order valence-electron chi connectivity index (χ0n) is 21.1. The first-order valence-corrected chi connectivity index (χ1v) is 12.2. The van der Waals surface area contributed by atoms with Crippen molar-refractivity contribution in [3.05, 3.63) is 64.7 Å². The molecule has 1 amide bonds. The van der Waals surface area contributed by atoms with Crippen LogP contribution >= 0.6 is 11.6 Å². The number of carboxylic acids is 1. The van der Waals surface area contributed by atoms with Gasteiger partial charge in [0.15, 0.2) is 0 Å². The van der Waals surface area contributed by atoms with Crippen LogP contribution in [-0.4, -0.2) is 47.4 Å². The second-order valence-corrected chi connectivity index (χ2v) is 10.7. The fourth-order valence-corrected chi connectivity index (χ4v) is 5.25.